The van der Waals surface area contributed by atoms with Crippen molar-refractivity contribution in [1.82, 2.24) is 15.5 Å². The zero-order valence-electron chi connectivity index (χ0n) is 9.45. The van der Waals surface area contributed by atoms with Crippen LogP contribution in [0.4, 0.5) is 0 Å². The summed E-state index contributed by atoms with van der Waals surface area (Å²) in [6, 6.07) is 0. The summed E-state index contributed by atoms with van der Waals surface area (Å²) in [5, 5.41) is 9.44. The molecule has 1 atom stereocenters. The first-order valence-corrected chi connectivity index (χ1v) is 5.67. The fraction of sp³-hybridized carbons (Fsp3) is 0.636. The molecule has 2 rings (SSSR count). The zero-order valence-corrected chi connectivity index (χ0v) is 9.45. The van der Waals surface area contributed by atoms with Crippen molar-refractivity contribution < 1.29 is 9.53 Å². The van der Waals surface area contributed by atoms with Crippen molar-refractivity contribution in [3.05, 3.63) is 17.5 Å². The highest BCUT2D eigenvalue weighted by Gasteiger charge is 2.16. The fourth-order valence-corrected chi connectivity index (χ4v) is 1.89. The smallest absolute Gasteiger partial charge is 0.254 e. The SMILES string of the molecule is Cc1[nH]ncc1C(=O)NCCC1CCCO1. The molecule has 0 spiro atoms. The molecule has 1 saturated heterocycles. The summed E-state index contributed by atoms with van der Waals surface area (Å²) < 4.78 is 5.48. The largest absolute Gasteiger partial charge is 0.378 e. The van der Waals surface area contributed by atoms with E-state index in [-0.39, 0.29) is 5.91 Å². The van der Waals surface area contributed by atoms with E-state index in [0.717, 1.165) is 31.6 Å². The predicted molar refractivity (Wildman–Crippen MR) is 59.2 cm³/mol. The van der Waals surface area contributed by atoms with Gasteiger partial charge in [0.25, 0.3) is 5.91 Å². The third-order valence-electron chi connectivity index (χ3n) is 2.85. The summed E-state index contributed by atoms with van der Waals surface area (Å²) in [6.07, 6.45) is 5.02. The van der Waals surface area contributed by atoms with Gasteiger partial charge in [0.1, 0.15) is 0 Å². The van der Waals surface area contributed by atoms with E-state index in [1.54, 1.807) is 6.20 Å². The van der Waals surface area contributed by atoms with Crippen molar-refractivity contribution in [2.24, 2.45) is 0 Å². The number of carbonyl (C=O) groups is 1. The number of amides is 1. The minimum absolute atomic E-state index is 0.0655. The maximum absolute atomic E-state index is 11.7. The second-order valence-electron chi connectivity index (χ2n) is 4.09. The summed E-state index contributed by atoms with van der Waals surface area (Å²) in [6.45, 7) is 3.36. The Balaban J connectivity index is 1.73. The lowest BCUT2D eigenvalue weighted by atomic mass is 10.2. The standard InChI is InChI=1S/C11H17N3O2/c1-8-10(7-13-14-8)11(15)12-5-4-9-3-2-6-16-9/h7,9H,2-6H2,1H3,(H,12,15)(H,13,14). The number of rotatable bonds is 4. The molecule has 5 heteroatoms. The highest BCUT2D eigenvalue weighted by atomic mass is 16.5. The minimum atomic E-state index is -0.0655. The van der Waals surface area contributed by atoms with Crippen LogP contribution in [-0.4, -0.2) is 35.4 Å². The van der Waals surface area contributed by atoms with Gasteiger partial charge < -0.3 is 10.1 Å². The van der Waals surface area contributed by atoms with E-state index < -0.39 is 0 Å². The van der Waals surface area contributed by atoms with E-state index in [9.17, 15) is 4.79 Å². The molecule has 2 N–H and O–H groups in total. The van der Waals surface area contributed by atoms with Gasteiger partial charge in [-0.05, 0) is 26.2 Å². The Kier molecular flexibility index (Phi) is 3.56. The number of aromatic amines is 1. The van der Waals surface area contributed by atoms with E-state index in [2.05, 4.69) is 15.5 Å². The van der Waals surface area contributed by atoms with Gasteiger partial charge in [-0.1, -0.05) is 0 Å². The van der Waals surface area contributed by atoms with E-state index in [0.29, 0.717) is 18.2 Å². The summed E-state index contributed by atoms with van der Waals surface area (Å²) in [5.41, 5.74) is 1.42. The number of aryl methyl sites for hydroxylation is 1. The van der Waals surface area contributed by atoms with Gasteiger partial charge in [0, 0.05) is 18.8 Å². The second-order valence-corrected chi connectivity index (χ2v) is 4.09. The molecule has 88 valence electrons. The number of aromatic nitrogens is 2. The maximum Gasteiger partial charge on any atom is 0.254 e. The molecule has 1 amide bonds. The average molecular weight is 223 g/mol. The molecule has 1 unspecified atom stereocenters. The Morgan fingerprint density at radius 3 is 3.25 bits per heavy atom. The van der Waals surface area contributed by atoms with E-state index in [1.165, 1.54) is 0 Å². The van der Waals surface area contributed by atoms with Crippen molar-refractivity contribution in [3.63, 3.8) is 0 Å². The Bertz CT molecular complexity index is 356. The van der Waals surface area contributed by atoms with Gasteiger partial charge in [-0.25, -0.2) is 0 Å². The molecule has 5 nitrogen and oxygen atoms in total. The van der Waals surface area contributed by atoms with Crippen LogP contribution in [0.25, 0.3) is 0 Å². The normalized spacial score (nSPS) is 19.9. The molecule has 0 bridgehead atoms. The third kappa shape index (κ3) is 2.61. The molecule has 1 aliphatic heterocycles. The first kappa shape index (κ1) is 11.1. The van der Waals surface area contributed by atoms with E-state index >= 15 is 0 Å². The van der Waals surface area contributed by atoms with Crippen molar-refractivity contribution in [1.29, 1.82) is 0 Å². The fourth-order valence-electron chi connectivity index (χ4n) is 1.89. The van der Waals surface area contributed by atoms with Gasteiger partial charge in [-0.15, -0.1) is 0 Å². The number of hydrogen-bond acceptors (Lipinski definition) is 3. The van der Waals surface area contributed by atoms with Crippen LogP contribution in [0, 0.1) is 6.92 Å². The number of H-pyrrole nitrogens is 1. The van der Waals surface area contributed by atoms with Crippen LogP contribution >= 0.6 is 0 Å². The lowest BCUT2D eigenvalue weighted by molar-refractivity contribution is 0.0907. The minimum Gasteiger partial charge on any atom is -0.378 e. The molecular weight excluding hydrogens is 206 g/mol. The van der Waals surface area contributed by atoms with Crippen LogP contribution in [-0.2, 0) is 4.74 Å². The third-order valence-corrected chi connectivity index (χ3v) is 2.85. The Morgan fingerprint density at radius 2 is 2.62 bits per heavy atom. The van der Waals surface area contributed by atoms with Gasteiger partial charge in [0.15, 0.2) is 0 Å². The molecule has 2 heterocycles. The van der Waals surface area contributed by atoms with Crippen molar-refractivity contribution in [2.75, 3.05) is 13.2 Å². The molecule has 1 aromatic heterocycles. The highest BCUT2D eigenvalue weighted by Crippen LogP contribution is 2.14. The monoisotopic (exact) mass is 223 g/mol. The zero-order chi connectivity index (χ0) is 11.4. The molecule has 0 aliphatic carbocycles. The molecule has 1 fully saturated rings. The lowest BCUT2D eigenvalue weighted by Gasteiger charge is -2.09. The second kappa shape index (κ2) is 5.12. The topological polar surface area (TPSA) is 67.0 Å². The first-order chi connectivity index (χ1) is 7.77. The van der Waals surface area contributed by atoms with E-state index in [1.807, 2.05) is 6.92 Å². The van der Waals surface area contributed by atoms with Crippen LogP contribution in [0.1, 0.15) is 35.3 Å². The number of ether oxygens (including phenoxy) is 1. The number of nitrogens with one attached hydrogen (secondary N) is 2. The number of hydrogen-bond donors (Lipinski definition) is 2. The van der Waals surface area contributed by atoms with Gasteiger partial charge in [0.2, 0.25) is 0 Å². The number of nitrogens with zero attached hydrogens (tertiary/aromatic N) is 1. The van der Waals surface area contributed by atoms with Gasteiger partial charge in [-0.3, -0.25) is 9.89 Å². The van der Waals surface area contributed by atoms with Crippen LogP contribution in [0.15, 0.2) is 6.20 Å². The Morgan fingerprint density at radius 1 is 1.75 bits per heavy atom. The van der Waals surface area contributed by atoms with Crippen molar-refractivity contribution in [2.45, 2.75) is 32.3 Å². The predicted octanol–water partition coefficient (Wildman–Crippen LogP) is 1.02. The van der Waals surface area contributed by atoms with Crippen LogP contribution in [0.5, 0.6) is 0 Å². The lowest BCUT2D eigenvalue weighted by Crippen LogP contribution is -2.27. The average Bonchev–Trinajstić information content (AvgIpc) is 2.88. The van der Waals surface area contributed by atoms with Crippen molar-refractivity contribution in [3.8, 4) is 0 Å². The highest BCUT2D eigenvalue weighted by molar-refractivity contribution is 5.94. The number of carbonyl (C=O) groups excluding carboxylic acids is 1. The van der Waals surface area contributed by atoms with Crippen LogP contribution < -0.4 is 5.32 Å². The van der Waals surface area contributed by atoms with Gasteiger partial charge in [-0.2, -0.15) is 5.10 Å². The molecule has 0 radical (unpaired) electrons. The quantitative estimate of drug-likeness (QED) is 0.800. The van der Waals surface area contributed by atoms with Crippen LogP contribution in [0.3, 0.4) is 0 Å². The molecule has 0 saturated carbocycles. The Hall–Kier alpha value is -1.36. The van der Waals surface area contributed by atoms with Crippen LogP contribution in [0.2, 0.25) is 0 Å². The summed E-state index contributed by atoms with van der Waals surface area (Å²) in [5.74, 6) is -0.0655. The van der Waals surface area contributed by atoms with Gasteiger partial charge >= 0.3 is 0 Å². The molecular formula is C11H17N3O2. The van der Waals surface area contributed by atoms with E-state index in [4.69, 9.17) is 4.74 Å². The summed E-state index contributed by atoms with van der Waals surface area (Å²) in [4.78, 5) is 11.7. The Labute approximate surface area is 94.6 Å². The van der Waals surface area contributed by atoms with Crippen molar-refractivity contribution >= 4 is 5.91 Å². The maximum atomic E-state index is 11.7. The summed E-state index contributed by atoms with van der Waals surface area (Å²) in [7, 11) is 0. The summed E-state index contributed by atoms with van der Waals surface area (Å²) >= 11 is 0. The molecule has 16 heavy (non-hydrogen) atoms. The molecule has 1 aliphatic rings. The molecule has 0 aromatic carbocycles. The first-order valence-electron chi connectivity index (χ1n) is 5.67. The molecule has 1 aromatic rings. The van der Waals surface area contributed by atoms with Gasteiger partial charge in [0.05, 0.1) is 17.9 Å².